The van der Waals surface area contributed by atoms with Gasteiger partial charge in [-0.1, -0.05) is 17.3 Å². The van der Waals surface area contributed by atoms with Gasteiger partial charge in [-0.2, -0.15) is 0 Å². The van der Waals surface area contributed by atoms with E-state index in [1.807, 2.05) is 12.1 Å². The van der Waals surface area contributed by atoms with Crippen molar-refractivity contribution in [2.45, 2.75) is 12.5 Å². The lowest BCUT2D eigenvalue weighted by Gasteiger charge is -2.08. The van der Waals surface area contributed by atoms with Gasteiger partial charge >= 0.3 is 5.97 Å². The summed E-state index contributed by atoms with van der Waals surface area (Å²) in [6.07, 6.45) is 3.31. The van der Waals surface area contributed by atoms with Gasteiger partial charge in [-0.05, 0) is 17.7 Å². The fourth-order valence-electron chi connectivity index (χ4n) is 1.39. The number of rotatable bonds is 2. The van der Waals surface area contributed by atoms with E-state index in [4.69, 9.17) is 4.84 Å². The zero-order valence-corrected chi connectivity index (χ0v) is 8.27. The highest BCUT2D eigenvalue weighted by Crippen LogP contribution is 2.24. The van der Waals surface area contributed by atoms with E-state index in [1.54, 1.807) is 12.1 Å². The molecule has 1 aliphatic rings. The maximum atomic E-state index is 11.2. The van der Waals surface area contributed by atoms with Crippen molar-refractivity contribution in [2.75, 3.05) is 7.11 Å². The molecular formula is C11H10NO3. The first kappa shape index (κ1) is 9.71. The van der Waals surface area contributed by atoms with Crippen LogP contribution in [0, 0.1) is 0 Å². The van der Waals surface area contributed by atoms with Crippen LogP contribution in [0.5, 0.6) is 0 Å². The molecule has 0 bridgehead atoms. The molecule has 0 spiro atoms. The van der Waals surface area contributed by atoms with Gasteiger partial charge in [-0.15, -0.1) is 0 Å². The molecular weight excluding hydrogens is 194 g/mol. The standard InChI is InChI=1S/C11H10NO3/c1-14-11(13)9-4-2-8(3-5-9)10-6-7-12-15-10/h2-5,10H,6H2,1H3. The van der Waals surface area contributed by atoms with E-state index < -0.39 is 0 Å². The predicted molar refractivity (Wildman–Crippen MR) is 53.7 cm³/mol. The van der Waals surface area contributed by atoms with Crippen LogP contribution in [-0.2, 0) is 9.57 Å². The second kappa shape index (κ2) is 4.13. The molecule has 2 rings (SSSR count). The normalized spacial score (nSPS) is 18.6. The van der Waals surface area contributed by atoms with Gasteiger partial charge in [0.25, 0.3) is 0 Å². The lowest BCUT2D eigenvalue weighted by atomic mass is 10.1. The van der Waals surface area contributed by atoms with Crippen LogP contribution in [0.2, 0.25) is 0 Å². The molecule has 1 unspecified atom stereocenters. The van der Waals surface area contributed by atoms with Crippen molar-refractivity contribution in [1.29, 1.82) is 0 Å². The quantitative estimate of drug-likeness (QED) is 0.690. The largest absolute Gasteiger partial charge is 0.465 e. The summed E-state index contributed by atoms with van der Waals surface area (Å²) in [4.78, 5) is 16.2. The number of methoxy groups -OCH3 is 1. The number of benzene rings is 1. The summed E-state index contributed by atoms with van der Waals surface area (Å²) >= 11 is 0. The highest BCUT2D eigenvalue weighted by Gasteiger charge is 2.16. The maximum absolute atomic E-state index is 11.2. The zero-order chi connectivity index (χ0) is 10.7. The number of hydrogen-bond donors (Lipinski definition) is 0. The minimum atomic E-state index is -0.336. The second-order valence-electron chi connectivity index (χ2n) is 3.16. The molecule has 4 heteroatoms. The number of nitrogens with zero attached hydrogens (tertiary/aromatic N) is 1. The van der Waals surface area contributed by atoms with Crippen molar-refractivity contribution >= 4 is 12.2 Å². The topological polar surface area (TPSA) is 47.9 Å². The zero-order valence-electron chi connectivity index (χ0n) is 8.27. The molecule has 0 saturated carbocycles. The first-order chi connectivity index (χ1) is 7.31. The molecule has 0 saturated heterocycles. The number of hydrogen-bond acceptors (Lipinski definition) is 4. The Morgan fingerprint density at radius 3 is 2.80 bits per heavy atom. The highest BCUT2D eigenvalue weighted by atomic mass is 16.6. The van der Waals surface area contributed by atoms with Gasteiger partial charge in [0.05, 0.1) is 12.7 Å². The van der Waals surface area contributed by atoms with Gasteiger partial charge in [0.2, 0.25) is 0 Å². The first-order valence-corrected chi connectivity index (χ1v) is 4.58. The third-order valence-corrected chi connectivity index (χ3v) is 2.22. The van der Waals surface area contributed by atoms with Gasteiger partial charge in [-0.25, -0.2) is 4.79 Å². The molecule has 4 nitrogen and oxygen atoms in total. The molecule has 0 aromatic heterocycles. The van der Waals surface area contributed by atoms with E-state index in [-0.39, 0.29) is 12.1 Å². The number of carbonyl (C=O) groups is 1. The fraction of sp³-hybridized carbons (Fsp3) is 0.273. The Morgan fingerprint density at radius 1 is 1.53 bits per heavy atom. The van der Waals surface area contributed by atoms with Crippen molar-refractivity contribution < 1.29 is 14.4 Å². The smallest absolute Gasteiger partial charge is 0.337 e. The van der Waals surface area contributed by atoms with Crippen LogP contribution >= 0.6 is 0 Å². The van der Waals surface area contributed by atoms with Crippen LogP contribution in [0.15, 0.2) is 29.4 Å². The molecule has 1 aliphatic heterocycles. The van der Waals surface area contributed by atoms with E-state index in [9.17, 15) is 4.79 Å². The summed E-state index contributed by atoms with van der Waals surface area (Å²) in [5, 5.41) is 3.57. The van der Waals surface area contributed by atoms with Crippen molar-refractivity contribution in [3.05, 3.63) is 35.4 Å². The molecule has 1 aromatic rings. The Morgan fingerprint density at radius 2 is 2.27 bits per heavy atom. The predicted octanol–water partition coefficient (Wildman–Crippen LogP) is 1.80. The molecule has 0 amide bonds. The molecule has 15 heavy (non-hydrogen) atoms. The molecule has 1 heterocycles. The molecule has 1 radical (unpaired) electrons. The fourth-order valence-corrected chi connectivity index (χ4v) is 1.39. The van der Waals surface area contributed by atoms with E-state index in [1.165, 1.54) is 7.11 Å². The average Bonchev–Trinajstić information content (AvgIpc) is 2.82. The molecule has 1 atom stereocenters. The Balaban J connectivity index is 2.13. The van der Waals surface area contributed by atoms with Crippen LogP contribution in [0.1, 0.15) is 28.4 Å². The third-order valence-electron chi connectivity index (χ3n) is 2.22. The molecule has 0 aliphatic carbocycles. The Bertz CT molecular complexity index is 375. The van der Waals surface area contributed by atoms with Gasteiger partial charge in [0.15, 0.2) is 6.10 Å². The average molecular weight is 204 g/mol. The molecule has 0 fully saturated rings. The second-order valence-corrected chi connectivity index (χ2v) is 3.16. The Hall–Kier alpha value is -1.84. The van der Waals surface area contributed by atoms with Crippen molar-refractivity contribution in [3.8, 4) is 0 Å². The molecule has 0 N–H and O–H groups in total. The maximum Gasteiger partial charge on any atom is 0.337 e. The van der Waals surface area contributed by atoms with Crippen LogP contribution in [0.25, 0.3) is 0 Å². The third kappa shape index (κ3) is 1.98. The van der Waals surface area contributed by atoms with Crippen LogP contribution < -0.4 is 0 Å². The molecule has 77 valence electrons. The van der Waals surface area contributed by atoms with Crippen LogP contribution in [-0.4, -0.2) is 19.3 Å². The van der Waals surface area contributed by atoms with Gasteiger partial charge < -0.3 is 9.57 Å². The number of carbonyl (C=O) groups excluding carboxylic acids is 1. The monoisotopic (exact) mass is 204 g/mol. The van der Waals surface area contributed by atoms with Crippen molar-refractivity contribution in [1.82, 2.24) is 0 Å². The van der Waals surface area contributed by atoms with E-state index in [0.29, 0.717) is 12.0 Å². The summed E-state index contributed by atoms with van der Waals surface area (Å²) in [6, 6.07) is 7.09. The van der Waals surface area contributed by atoms with Crippen molar-refractivity contribution in [3.63, 3.8) is 0 Å². The van der Waals surface area contributed by atoms with Gasteiger partial charge in [-0.3, -0.25) is 0 Å². The number of esters is 1. The SMILES string of the molecule is COC(=O)c1ccc(C2C[C]=NO2)cc1. The summed E-state index contributed by atoms with van der Waals surface area (Å²) < 4.78 is 4.60. The minimum Gasteiger partial charge on any atom is -0.465 e. The Kier molecular flexibility index (Phi) is 2.67. The van der Waals surface area contributed by atoms with Crippen LogP contribution in [0.3, 0.4) is 0 Å². The minimum absolute atomic E-state index is 0.0725. The van der Waals surface area contributed by atoms with E-state index in [2.05, 4.69) is 16.1 Å². The van der Waals surface area contributed by atoms with E-state index in [0.717, 1.165) is 5.56 Å². The van der Waals surface area contributed by atoms with E-state index >= 15 is 0 Å². The first-order valence-electron chi connectivity index (χ1n) is 4.58. The summed E-state index contributed by atoms with van der Waals surface area (Å²) in [6.45, 7) is 0. The van der Waals surface area contributed by atoms with Crippen LogP contribution in [0.4, 0.5) is 0 Å². The van der Waals surface area contributed by atoms with Crippen molar-refractivity contribution in [2.24, 2.45) is 5.16 Å². The summed E-state index contributed by atoms with van der Waals surface area (Å²) in [5.41, 5.74) is 1.51. The Labute approximate surface area is 87.5 Å². The van der Waals surface area contributed by atoms with Gasteiger partial charge in [0, 0.05) is 6.42 Å². The number of ether oxygens (including phenoxy) is 1. The molecule has 1 aromatic carbocycles. The lowest BCUT2D eigenvalue weighted by molar-refractivity contribution is 0.0600. The summed E-state index contributed by atoms with van der Waals surface area (Å²) in [5.74, 6) is -0.336. The highest BCUT2D eigenvalue weighted by molar-refractivity contribution is 5.89. The van der Waals surface area contributed by atoms with Gasteiger partial charge in [0.1, 0.15) is 6.21 Å². The lowest BCUT2D eigenvalue weighted by Crippen LogP contribution is -2.02. The summed E-state index contributed by atoms with van der Waals surface area (Å²) in [7, 11) is 1.36.